The minimum Gasteiger partial charge on any atom is -0.207 e. The van der Waals surface area contributed by atoms with Crippen LogP contribution < -0.4 is 0 Å². The summed E-state index contributed by atoms with van der Waals surface area (Å²) in [4.78, 5) is 0.0410. The van der Waals surface area contributed by atoms with Crippen LogP contribution in [0.2, 0.25) is 0 Å². The molecular weight excluding hydrogens is 360 g/mol. The number of thiophene rings is 1. The lowest BCUT2D eigenvalue weighted by molar-refractivity contribution is 0.467. The zero-order valence-corrected chi connectivity index (χ0v) is 13.8. The maximum atomic E-state index is 12.5. The molecule has 7 heteroatoms. The summed E-state index contributed by atoms with van der Waals surface area (Å²) in [5.41, 5.74) is 1.06. The van der Waals surface area contributed by atoms with E-state index in [4.69, 9.17) is 5.26 Å². The second-order valence-electron chi connectivity index (χ2n) is 4.13. The van der Waals surface area contributed by atoms with E-state index in [1.165, 1.54) is 34.8 Å². The Labute approximate surface area is 130 Å². The van der Waals surface area contributed by atoms with Crippen molar-refractivity contribution < 1.29 is 8.42 Å². The molecule has 0 fully saturated rings. The van der Waals surface area contributed by atoms with Crippen molar-refractivity contribution in [3.8, 4) is 6.07 Å². The van der Waals surface area contributed by atoms with Gasteiger partial charge < -0.3 is 0 Å². The van der Waals surface area contributed by atoms with E-state index in [0.29, 0.717) is 0 Å². The minimum atomic E-state index is -3.67. The summed E-state index contributed by atoms with van der Waals surface area (Å²) in [5.74, 6) is 0. The molecule has 0 atom stereocenters. The molecule has 0 unspecified atom stereocenters. The highest BCUT2D eigenvalue weighted by Gasteiger charge is 2.24. The first kappa shape index (κ1) is 15.2. The lowest BCUT2D eigenvalue weighted by Crippen LogP contribution is -2.27. The maximum absolute atomic E-state index is 12.5. The van der Waals surface area contributed by atoms with Crippen molar-refractivity contribution in [2.24, 2.45) is 0 Å². The normalized spacial score (nSPS) is 11.5. The molecule has 0 radical (unpaired) electrons. The number of benzene rings is 1. The van der Waals surface area contributed by atoms with Crippen molar-refractivity contribution in [2.75, 3.05) is 7.05 Å². The van der Waals surface area contributed by atoms with Gasteiger partial charge in [-0.05, 0) is 45.1 Å². The number of nitrogens with zero attached hydrogens (tertiary/aromatic N) is 2. The molecule has 0 bridgehead atoms. The van der Waals surface area contributed by atoms with Gasteiger partial charge in [0.05, 0.1) is 14.2 Å². The van der Waals surface area contributed by atoms with E-state index in [0.717, 1.165) is 9.35 Å². The smallest absolute Gasteiger partial charge is 0.207 e. The highest BCUT2D eigenvalue weighted by Crippen LogP contribution is 2.24. The summed E-state index contributed by atoms with van der Waals surface area (Å²) in [7, 11) is -2.16. The third-order valence-electron chi connectivity index (χ3n) is 2.72. The molecule has 0 aliphatic rings. The van der Waals surface area contributed by atoms with Crippen LogP contribution in [0.5, 0.6) is 0 Å². The average Bonchev–Trinajstić information content (AvgIpc) is 2.84. The summed E-state index contributed by atoms with van der Waals surface area (Å²) >= 11 is 4.85. The molecule has 0 aliphatic carbocycles. The molecule has 0 spiro atoms. The molecule has 2 rings (SSSR count). The summed E-state index contributed by atoms with van der Waals surface area (Å²) < 4.78 is 27.2. The molecular formula is C13H11BrN2O2S2. The SMILES string of the molecule is CN(Cc1csc(Br)c1)S(=O)(=O)c1ccccc1C#N. The van der Waals surface area contributed by atoms with E-state index in [1.54, 1.807) is 12.1 Å². The summed E-state index contributed by atoms with van der Waals surface area (Å²) in [6.45, 7) is 0.268. The molecule has 1 aromatic heterocycles. The monoisotopic (exact) mass is 370 g/mol. The molecule has 0 N–H and O–H groups in total. The highest BCUT2D eigenvalue weighted by atomic mass is 79.9. The number of hydrogen-bond donors (Lipinski definition) is 0. The van der Waals surface area contributed by atoms with Gasteiger partial charge in [0, 0.05) is 13.6 Å². The largest absolute Gasteiger partial charge is 0.244 e. The first-order valence-electron chi connectivity index (χ1n) is 5.63. The lowest BCUT2D eigenvalue weighted by atomic mass is 10.2. The van der Waals surface area contributed by atoms with Crippen molar-refractivity contribution in [1.29, 1.82) is 5.26 Å². The first-order valence-corrected chi connectivity index (χ1v) is 8.75. The minimum absolute atomic E-state index is 0.0410. The third-order valence-corrected chi connectivity index (χ3v) is 6.14. The molecule has 104 valence electrons. The van der Waals surface area contributed by atoms with Crippen LogP contribution in [0.3, 0.4) is 0 Å². The zero-order chi connectivity index (χ0) is 14.8. The third kappa shape index (κ3) is 3.10. The molecule has 20 heavy (non-hydrogen) atoms. The predicted molar refractivity (Wildman–Crippen MR) is 81.8 cm³/mol. The summed E-state index contributed by atoms with van der Waals surface area (Å²) in [5, 5.41) is 10.9. The van der Waals surface area contributed by atoms with Crippen LogP contribution in [-0.2, 0) is 16.6 Å². The van der Waals surface area contributed by atoms with Gasteiger partial charge in [-0.15, -0.1) is 11.3 Å². The Morgan fingerprint density at radius 3 is 2.70 bits per heavy atom. The second kappa shape index (κ2) is 6.06. The van der Waals surface area contributed by atoms with E-state index >= 15 is 0 Å². The number of halogens is 1. The van der Waals surface area contributed by atoms with Gasteiger partial charge in [0.25, 0.3) is 0 Å². The van der Waals surface area contributed by atoms with Gasteiger partial charge in [0.15, 0.2) is 0 Å². The van der Waals surface area contributed by atoms with E-state index in [9.17, 15) is 8.42 Å². The van der Waals surface area contributed by atoms with Gasteiger partial charge in [-0.25, -0.2) is 8.42 Å². The van der Waals surface area contributed by atoms with Crippen LogP contribution in [0.15, 0.2) is 44.4 Å². The van der Waals surface area contributed by atoms with Gasteiger partial charge >= 0.3 is 0 Å². The van der Waals surface area contributed by atoms with Crippen molar-refractivity contribution >= 4 is 37.3 Å². The van der Waals surface area contributed by atoms with Gasteiger partial charge in [0.1, 0.15) is 6.07 Å². The van der Waals surface area contributed by atoms with E-state index < -0.39 is 10.0 Å². The Morgan fingerprint density at radius 1 is 1.40 bits per heavy atom. The van der Waals surface area contributed by atoms with Crippen LogP contribution in [0.4, 0.5) is 0 Å². The highest BCUT2D eigenvalue weighted by molar-refractivity contribution is 9.11. The number of hydrogen-bond acceptors (Lipinski definition) is 4. The van der Waals surface area contributed by atoms with Gasteiger partial charge in [-0.1, -0.05) is 12.1 Å². The fraction of sp³-hybridized carbons (Fsp3) is 0.154. The van der Waals surface area contributed by atoms with Crippen LogP contribution >= 0.6 is 27.3 Å². The Balaban J connectivity index is 2.32. The number of rotatable bonds is 4. The van der Waals surface area contributed by atoms with Crippen LogP contribution in [0, 0.1) is 11.3 Å². The van der Waals surface area contributed by atoms with E-state index in [1.807, 2.05) is 17.5 Å². The van der Waals surface area contributed by atoms with Crippen molar-refractivity contribution in [1.82, 2.24) is 4.31 Å². The molecule has 1 aromatic carbocycles. The average molecular weight is 371 g/mol. The maximum Gasteiger partial charge on any atom is 0.244 e. The molecule has 0 amide bonds. The van der Waals surface area contributed by atoms with Gasteiger partial charge in [-0.3, -0.25) is 0 Å². The van der Waals surface area contributed by atoms with Crippen molar-refractivity contribution in [3.63, 3.8) is 0 Å². The molecule has 1 heterocycles. The van der Waals surface area contributed by atoms with Gasteiger partial charge in [0.2, 0.25) is 10.0 Å². The molecule has 2 aromatic rings. The van der Waals surface area contributed by atoms with Crippen LogP contribution in [-0.4, -0.2) is 19.8 Å². The standard InChI is InChI=1S/C13H11BrN2O2S2/c1-16(8-10-6-13(14)19-9-10)20(17,18)12-5-3-2-4-11(12)7-15/h2-6,9H,8H2,1H3. The molecule has 0 saturated carbocycles. The number of sulfonamides is 1. The van der Waals surface area contributed by atoms with E-state index in [2.05, 4.69) is 15.9 Å². The molecule has 4 nitrogen and oxygen atoms in total. The second-order valence-corrected chi connectivity index (χ2v) is 8.43. The van der Waals surface area contributed by atoms with E-state index in [-0.39, 0.29) is 17.0 Å². The lowest BCUT2D eigenvalue weighted by Gasteiger charge is -2.17. The van der Waals surface area contributed by atoms with Crippen molar-refractivity contribution in [3.05, 3.63) is 50.6 Å². The Hall–Kier alpha value is -1.20. The topological polar surface area (TPSA) is 61.2 Å². The Bertz CT molecular complexity index is 763. The Morgan fingerprint density at radius 2 is 2.10 bits per heavy atom. The predicted octanol–water partition coefficient (Wildman–Crippen LogP) is 3.20. The first-order chi connectivity index (χ1) is 9.45. The molecule has 0 saturated heterocycles. The van der Waals surface area contributed by atoms with Gasteiger partial charge in [-0.2, -0.15) is 9.57 Å². The zero-order valence-electron chi connectivity index (χ0n) is 10.6. The molecule has 0 aliphatic heterocycles. The van der Waals surface area contributed by atoms with Crippen molar-refractivity contribution in [2.45, 2.75) is 11.4 Å². The quantitative estimate of drug-likeness (QED) is 0.829. The van der Waals surface area contributed by atoms with Crippen LogP contribution in [0.1, 0.15) is 11.1 Å². The Kier molecular flexibility index (Phi) is 4.60. The number of nitriles is 1. The summed E-state index contributed by atoms with van der Waals surface area (Å²) in [6.07, 6.45) is 0. The summed E-state index contributed by atoms with van der Waals surface area (Å²) in [6, 6.07) is 10.0. The van der Waals surface area contributed by atoms with Crippen LogP contribution in [0.25, 0.3) is 0 Å². The fourth-order valence-electron chi connectivity index (χ4n) is 1.72. The fourth-order valence-corrected chi connectivity index (χ4v) is 4.22.